The Labute approximate surface area is 136 Å². The van der Waals surface area contributed by atoms with Gasteiger partial charge in [0.1, 0.15) is 0 Å². The van der Waals surface area contributed by atoms with Crippen LogP contribution in [0.4, 0.5) is 8.78 Å². The Hall–Kier alpha value is -0.770. The zero-order valence-electron chi connectivity index (χ0n) is 13.9. The number of carbonyl (C=O) groups is 1. The number of allylic oxidation sites excluding steroid dienone is 1. The summed E-state index contributed by atoms with van der Waals surface area (Å²) >= 11 is 0. The predicted molar refractivity (Wildman–Crippen MR) is 83.0 cm³/mol. The quantitative estimate of drug-likeness (QED) is 0.681. The minimum absolute atomic E-state index is 0.0321. The van der Waals surface area contributed by atoms with E-state index in [0.717, 1.165) is 32.1 Å². The van der Waals surface area contributed by atoms with Gasteiger partial charge in [-0.3, -0.25) is 4.79 Å². The molecule has 0 bridgehead atoms. The van der Waals surface area contributed by atoms with E-state index < -0.39 is 17.1 Å². The number of aliphatic hydroxyl groups is 1. The molecule has 23 heavy (non-hydrogen) atoms. The highest BCUT2D eigenvalue weighted by Crippen LogP contribution is 2.65. The molecule has 0 radical (unpaired) electrons. The number of aliphatic hydroxyl groups excluding tert-OH is 1. The van der Waals surface area contributed by atoms with E-state index in [-0.39, 0.29) is 29.8 Å². The Bertz CT molecular complexity index is 584. The smallest absolute Gasteiger partial charge is 0.306 e. The Morgan fingerprint density at radius 2 is 1.83 bits per heavy atom. The van der Waals surface area contributed by atoms with Gasteiger partial charge in [-0.15, -0.1) is 0 Å². The number of ketones is 1. The molecule has 4 rings (SSSR count). The normalized spacial score (nSPS) is 51.5. The van der Waals surface area contributed by atoms with Crippen molar-refractivity contribution in [2.75, 3.05) is 0 Å². The van der Waals surface area contributed by atoms with Gasteiger partial charge in [-0.1, -0.05) is 25.5 Å². The summed E-state index contributed by atoms with van der Waals surface area (Å²) in [5.41, 5.74) is 0.530. The summed E-state index contributed by atoms with van der Waals surface area (Å²) in [4.78, 5) is 12.3. The maximum Gasteiger partial charge on any atom is 0.306 e. The van der Waals surface area contributed by atoms with Crippen molar-refractivity contribution in [3.05, 3.63) is 11.6 Å². The molecule has 0 heterocycles. The molecule has 0 amide bonds. The van der Waals surface area contributed by atoms with E-state index in [1.165, 1.54) is 5.57 Å². The molecule has 4 aliphatic rings. The second-order valence-corrected chi connectivity index (χ2v) is 8.85. The summed E-state index contributed by atoms with van der Waals surface area (Å²) in [6.07, 6.45) is 6.42. The number of carbonyl (C=O) groups excluding carboxylic acids is 1. The number of hydrogen-bond donors (Lipinski definition) is 1. The first-order valence-electron chi connectivity index (χ1n) is 8.99. The van der Waals surface area contributed by atoms with E-state index in [9.17, 15) is 18.7 Å². The van der Waals surface area contributed by atoms with Crippen LogP contribution in [-0.2, 0) is 4.79 Å². The van der Waals surface area contributed by atoms with Crippen LogP contribution in [0, 0.1) is 28.6 Å². The number of Topliss-reactive ketones (excluding diaryl/α,β-unsaturated/α-hetero) is 1. The van der Waals surface area contributed by atoms with Crippen molar-refractivity contribution in [2.45, 2.75) is 70.8 Å². The lowest BCUT2D eigenvalue weighted by Gasteiger charge is -2.56. The molecule has 4 heteroatoms. The van der Waals surface area contributed by atoms with Crippen LogP contribution in [0.5, 0.6) is 0 Å². The van der Waals surface area contributed by atoms with Crippen molar-refractivity contribution in [1.29, 1.82) is 0 Å². The first kappa shape index (κ1) is 15.7. The van der Waals surface area contributed by atoms with Crippen molar-refractivity contribution in [3.8, 4) is 0 Å². The van der Waals surface area contributed by atoms with Gasteiger partial charge in [-0.25, -0.2) is 0 Å². The zero-order valence-corrected chi connectivity index (χ0v) is 13.9. The van der Waals surface area contributed by atoms with E-state index >= 15 is 0 Å². The van der Waals surface area contributed by atoms with Crippen molar-refractivity contribution in [3.63, 3.8) is 0 Å². The fourth-order valence-corrected chi connectivity index (χ4v) is 6.41. The molecule has 4 aliphatic carbocycles. The van der Waals surface area contributed by atoms with Crippen molar-refractivity contribution < 1.29 is 18.7 Å². The fourth-order valence-electron chi connectivity index (χ4n) is 6.41. The molecule has 2 nitrogen and oxygen atoms in total. The molecule has 0 spiro atoms. The summed E-state index contributed by atoms with van der Waals surface area (Å²) in [5, 5.41) is 9.97. The van der Waals surface area contributed by atoms with E-state index in [4.69, 9.17) is 0 Å². The molecular formula is C19H26F2O2. The number of hydrogen-bond acceptors (Lipinski definition) is 2. The SMILES string of the molecule is C[C@]12CCC(O)CC1=CC[C@@H]1[C@H]2CC[C@]2(C)C(=O)C(F)(F)C[C@@H]12. The summed E-state index contributed by atoms with van der Waals surface area (Å²) in [5.74, 6) is -3.57. The Morgan fingerprint density at radius 1 is 1.13 bits per heavy atom. The maximum absolute atomic E-state index is 14.1. The molecule has 0 aromatic heterocycles. The third-order valence-corrected chi connectivity index (χ3v) is 7.79. The number of alkyl halides is 2. The van der Waals surface area contributed by atoms with Crippen LogP contribution in [0.15, 0.2) is 11.6 Å². The first-order valence-corrected chi connectivity index (χ1v) is 8.99. The van der Waals surface area contributed by atoms with Crippen LogP contribution in [0.3, 0.4) is 0 Å². The van der Waals surface area contributed by atoms with Crippen LogP contribution in [0.25, 0.3) is 0 Å². The van der Waals surface area contributed by atoms with E-state index in [0.29, 0.717) is 12.3 Å². The second-order valence-electron chi connectivity index (χ2n) is 8.85. The Morgan fingerprint density at radius 3 is 2.57 bits per heavy atom. The van der Waals surface area contributed by atoms with E-state index in [1.54, 1.807) is 6.92 Å². The van der Waals surface area contributed by atoms with Gasteiger partial charge in [0, 0.05) is 11.8 Å². The highest BCUT2D eigenvalue weighted by Gasteiger charge is 2.67. The monoisotopic (exact) mass is 324 g/mol. The lowest BCUT2D eigenvalue weighted by Crippen LogP contribution is -2.50. The van der Waals surface area contributed by atoms with Gasteiger partial charge in [-0.05, 0) is 61.7 Å². The average molecular weight is 324 g/mol. The highest BCUT2D eigenvalue weighted by molar-refractivity contribution is 5.93. The van der Waals surface area contributed by atoms with Crippen LogP contribution in [-0.4, -0.2) is 22.9 Å². The minimum atomic E-state index is -3.14. The van der Waals surface area contributed by atoms with Crippen molar-refractivity contribution >= 4 is 5.78 Å². The molecule has 0 aromatic carbocycles. The lowest BCUT2D eigenvalue weighted by molar-refractivity contribution is -0.147. The van der Waals surface area contributed by atoms with Crippen molar-refractivity contribution in [2.24, 2.45) is 28.6 Å². The van der Waals surface area contributed by atoms with Gasteiger partial charge in [0.15, 0.2) is 0 Å². The number of rotatable bonds is 0. The average Bonchev–Trinajstić information content (AvgIpc) is 2.68. The van der Waals surface area contributed by atoms with Gasteiger partial charge in [0.05, 0.1) is 6.10 Å². The van der Waals surface area contributed by atoms with Crippen LogP contribution < -0.4 is 0 Å². The highest BCUT2D eigenvalue weighted by atomic mass is 19.3. The molecule has 3 saturated carbocycles. The van der Waals surface area contributed by atoms with E-state index in [2.05, 4.69) is 13.0 Å². The molecule has 0 saturated heterocycles. The maximum atomic E-state index is 14.1. The third-order valence-electron chi connectivity index (χ3n) is 7.79. The fraction of sp³-hybridized carbons (Fsp3) is 0.842. The summed E-state index contributed by atoms with van der Waals surface area (Å²) < 4.78 is 28.3. The molecule has 1 N–H and O–H groups in total. The third kappa shape index (κ3) is 1.96. The van der Waals surface area contributed by atoms with Gasteiger partial charge in [0.25, 0.3) is 0 Å². The summed E-state index contributed by atoms with van der Waals surface area (Å²) in [6, 6.07) is 0. The summed E-state index contributed by atoms with van der Waals surface area (Å²) in [6.45, 7) is 4.04. The standard InChI is InChI=1S/C19H26F2O2/c1-17-7-5-12(22)9-11(17)3-4-13-14(17)6-8-18(2)15(13)10-19(20,21)16(18)23/h3,12-15,22H,4-10H2,1-2H3/t12?,13-,14-,15+,17+,18+/m1/s1. The second kappa shape index (κ2) is 4.65. The van der Waals surface area contributed by atoms with Crippen LogP contribution in [0.2, 0.25) is 0 Å². The zero-order chi connectivity index (χ0) is 16.6. The van der Waals surface area contributed by atoms with Gasteiger partial charge in [-0.2, -0.15) is 8.78 Å². The Balaban J connectivity index is 1.71. The van der Waals surface area contributed by atoms with Crippen molar-refractivity contribution in [1.82, 2.24) is 0 Å². The molecule has 0 aliphatic heterocycles. The van der Waals surface area contributed by atoms with Gasteiger partial charge in [0.2, 0.25) is 5.78 Å². The predicted octanol–water partition coefficient (Wildman–Crippen LogP) is 4.12. The van der Waals surface area contributed by atoms with Gasteiger partial charge >= 0.3 is 5.92 Å². The minimum Gasteiger partial charge on any atom is -0.393 e. The topological polar surface area (TPSA) is 37.3 Å². The van der Waals surface area contributed by atoms with E-state index in [1.807, 2.05) is 0 Å². The molecule has 6 atom stereocenters. The molecule has 0 aromatic rings. The largest absolute Gasteiger partial charge is 0.393 e. The lowest BCUT2D eigenvalue weighted by atomic mass is 9.48. The van der Waals surface area contributed by atoms with Gasteiger partial charge < -0.3 is 5.11 Å². The molecule has 3 fully saturated rings. The number of halogens is 2. The molecule has 128 valence electrons. The number of fused-ring (bicyclic) bond motifs is 5. The summed E-state index contributed by atoms with van der Waals surface area (Å²) in [7, 11) is 0. The van der Waals surface area contributed by atoms with Crippen LogP contribution >= 0.6 is 0 Å². The van der Waals surface area contributed by atoms with Crippen LogP contribution in [0.1, 0.15) is 58.8 Å². The molecular weight excluding hydrogens is 298 g/mol. The molecule has 1 unspecified atom stereocenters. The first-order chi connectivity index (χ1) is 10.7. The Kier molecular flexibility index (Phi) is 3.18.